The van der Waals surface area contributed by atoms with Crippen molar-refractivity contribution in [1.29, 1.82) is 0 Å². The molecule has 2 aromatic heterocycles. The second-order valence-electron chi connectivity index (χ2n) is 7.61. The molecule has 0 aliphatic carbocycles. The summed E-state index contributed by atoms with van der Waals surface area (Å²) in [5.41, 5.74) is 0.630. The van der Waals surface area contributed by atoms with Crippen molar-refractivity contribution in [3.8, 4) is 11.1 Å². The Bertz CT molecular complexity index is 1020. The predicted molar refractivity (Wildman–Crippen MR) is 94.9 cm³/mol. The maximum Gasteiger partial charge on any atom is 0.417 e. The average Bonchev–Trinajstić information content (AvgIpc) is 2.77. The molecule has 138 valence electrons. The van der Waals surface area contributed by atoms with E-state index in [1.807, 2.05) is 20.8 Å². The maximum atomic E-state index is 13.3. The van der Waals surface area contributed by atoms with Crippen LogP contribution in [0, 0.1) is 5.41 Å². The molecule has 0 bridgehead atoms. The van der Waals surface area contributed by atoms with Crippen molar-refractivity contribution in [1.82, 2.24) is 14.1 Å². The van der Waals surface area contributed by atoms with Crippen LogP contribution in [-0.4, -0.2) is 14.1 Å². The lowest BCUT2D eigenvalue weighted by Crippen LogP contribution is -2.27. The van der Waals surface area contributed by atoms with Gasteiger partial charge in [-0.2, -0.15) is 13.2 Å². The van der Waals surface area contributed by atoms with Crippen LogP contribution in [0.4, 0.5) is 13.2 Å². The SMILES string of the molecule is Cn1c(=O)n(CC(C)(C)C)c2ccc(-c3cnccc3C(F)(F)F)cc21. The Hall–Kier alpha value is -2.57. The van der Waals surface area contributed by atoms with Gasteiger partial charge in [-0.15, -0.1) is 0 Å². The fourth-order valence-electron chi connectivity index (χ4n) is 3.07. The summed E-state index contributed by atoms with van der Waals surface area (Å²) in [4.78, 5) is 16.4. The number of halogens is 3. The van der Waals surface area contributed by atoms with Gasteiger partial charge in [0.25, 0.3) is 0 Å². The minimum Gasteiger partial charge on any atom is -0.295 e. The van der Waals surface area contributed by atoms with Crippen molar-refractivity contribution < 1.29 is 13.2 Å². The third-order valence-electron chi connectivity index (χ3n) is 4.22. The van der Waals surface area contributed by atoms with E-state index >= 15 is 0 Å². The largest absolute Gasteiger partial charge is 0.417 e. The van der Waals surface area contributed by atoms with E-state index in [1.165, 1.54) is 10.8 Å². The van der Waals surface area contributed by atoms with E-state index in [-0.39, 0.29) is 16.7 Å². The van der Waals surface area contributed by atoms with E-state index < -0.39 is 11.7 Å². The minimum absolute atomic E-state index is 0.00193. The van der Waals surface area contributed by atoms with Gasteiger partial charge < -0.3 is 0 Å². The van der Waals surface area contributed by atoms with E-state index in [0.29, 0.717) is 23.1 Å². The molecule has 0 fully saturated rings. The third-order valence-corrected chi connectivity index (χ3v) is 4.22. The second-order valence-corrected chi connectivity index (χ2v) is 7.61. The van der Waals surface area contributed by atoms with Gasteiger partial charge in [-0.3, -0.25) is 14.1 Å². The number of hydrogen-bond acceptors (Lipinski definition) is 2. The van der Waals surface area contributed by atoms with Crippen molar-refractivity contribution in [2.45, 2.75) is 33.5 Å². The highest BCUT2D eigenvalue weighted by Crippen LogP contribution is 2.37. The van der Waals surface area contributed by atoms with Crippen LogP contribution in [0.25, 0.3) is 22.2 Å². The molecule has 2 heterocycles. The second kappa shape index (κ2) is 6.00. The number of benzene rings is 1. The number of aryl methyl sites for hydroxylation is 1. The van der Waals surface area contributed by atoms with Crippen LogP contribution in [-0.2, 0) is 19.8 Å². The molecule has 3 aromatic rings. The van der Waals surface area contributed by atoms with Crippen LogP contribution in [0.2, 0.25) is 0 Å². The molecule has 3 rings (SSSR count). The minimum atomic E-state index is -4.47. The van der Waals surface area contributed by atoms with Crippen LogP contribution in [0.15, 0.2) is 41.5 Å². The van der Waals surface area contributed by atoms with Crippen LogP contribution >= 0.6 is 0 Å². The molecule has 26 heavy (non-hydrogen) atoms. The van der Waals surface area contributed by atoms with E-state index in [1.54, 1.807) is 29.8 Å². The molecule has 1 aromatic carbocycles. The molecule has 0 aliphatic heterocycles. The van der Waals surface area contributed by atoms with E-state index in [2.05, 4.69) is 4.98 Å². The molecule has 0 saturated heterocycles. The quantitative estimate of drug-likeness (QED) is 0.674. The fourth-order valence-corrected chi connectivity index (χ4v) is 3.07. The fraction of sp³-hybridized carbons (Fsp3) is 0.368. The smallest absolute Gasteiger partial charge is 0.295 e. The first-order valence-electron chi connectivity index (χ1n) is 8.20. The summed E-state index contributed by atoms with van der Waals surface area (Å²) in [5, 5.41) is 0. The van der Waals surface area contributed by atoms with Crippen LogP contribution < -0.4 is 5.69 Å². The predicted octanol–water partition coefficient (Wildman–Crippen LogP) is 4.47. The Morgan fingerprint density at radius 2 is 1.77 bits per heavy atom. The molecular formula is C19H20F3N3O. The zero-order chi connectivity index (χ0) is 19.3. The molecule has 0 radical (unpaired) electrons. The summed E-state index contributed by atoms with van der Waals surface area (Å²) in [5.74, 6) is 0. The van der Waals surface area contributed by atoms with Gasteiger partial charge in [0, 0.05) is 31.5 Å². The summed E-state index contributed by atoms with van der Waals surface area (Å²) < 4.78 is 43.0. The first-order valence-corrected chi connectivity index (χ1v) is 8.20. The van der Waals surface area contributed by atoms with Gasteiger partial charge in [0.1, 0.15) is 0 Å². The lowest BCUT2D eigenvalue weighted by molar-refractivity contribution is -0.137. The molecule has 0 unspecified atom stereocenters. The lowest BCUT2D eigenvalue weighted by Gasteiger charge is -2.18. The molecule has 7 heteroatoms. The number of imidazole rings is 1. The zero-order valence-electron chi connectivity index (χ0n) is 15.1. The molecule has 0 atom stereocenters. The van der Waals surface area contributed by atoms with Gasteiger partial charge in [-0.1, -0.05) is 26.8 Å². The van der Waals surface area contributed by atoms with Crippen LogP contribution in [0.3, 0.4) is 0 Å². The summed E-state index contributed by atoms with van der Waals surface area (Å²) >= 11 is 0. The number of rotatable bonds is 2. The average molecular weight is 363 g/mol. The van der Waals surface area contributed by atoms with Gasteiger partial charge in [-0.05, 0) is 29.2 Å². The van der Waals surface area contributed by atoms with Gasteiger partial charge in [0.2, 0.25) is 0 Å². The van der Waals surface area contributed by atoms with E-state index in [0.717, 1.165) is 12.3 Å². The first kappa shape index (κ1) is 18.2. The lowest BCUT2D eigenvalue weighted by atomic mass is 9.96. The molecular weight excluding hydrogens is 343 g/mol. The van der Waals surface area contributed by atoms with E-state index in [4.69, 9.17) is 0 Å². The summed E-state index contributed by atoms with van der Waals surface area (Å²) in [6.45, 7) is 6.59. The van der Waals surface area contributed by atoms with Crippen molar-refractivity contribution in [2.75, 3.05) is 0 Å². The Labute approximate surface area is 148 Å². The highest BCUT2D eigenvalue weighted by Gasteiger charge is 2.33. The Kier molecular flexibility index (Phi) is 4.21. The topological polar surface area (TPSA) is 39.8 Å². The standard InChI is InChI=1S/C19H20F3N3O/c1-18(2,3)11-25-15-6-5-12(9-16(15)24(4)17(25)26)13-10-23-8-7-14(13)19(20,21)22/h5-10H,11H2,1-4H3. The van der Waals surface area contributed by atoms with Crippen molar-refractivity contribution in [3.63, 3.8) is 0 Å². The highest BCUT2D eigenvalue weighted by molar-refractivity contribution is 5.83. The third kappa shape index (κ3) is 3.25. The Balaban J connectivity index is 2.22. The molecule has 0 saturated carbocycles. The number of alkyl halides is 3. The molecule has 0 aliphatic rings. The number of fused-ring (bicyclic) bond motifs is 1. The monoisotopic (exact) mass is 363 g/mol. The van der Waals surface area contributed by atoms with E-state index in [9.17, 15) is 18.0 Å². The van der Waals surface area contributed by atoms with Crippen LogP contribution in [0.1, 0.15) is 26.3 Å². The van der Waals surface area contributed by atoms with Crippen molar-refractivity contribution in [3.05, 3.63) is 52.7 Å². The number of pyridine rings is 1. The van der Waals surface area contributed by atoms with Gasteiger partial charge in [0.05, 0.1) is 16.6 Å². The zero-order valence-corrected chi connectivity index (χ0v) is 15.1. The number of nitrogens with zero attached hydrogens (tertiary/aromatic N) is 3. The molecule has 4 nitrogen and oxygen atoms in total. The Morgan fingerprint density at radius 3 is 2.38 bits per heavy atom. The number of aromatic nitrogens is 3. The van der Waals surface area contributed by atoms with Crippen molar-refractivity contribution in [2.24, 2.45) is 12.5 Å². The summed E-state index contributed by atoms with van der Waals surface area (Å²) in [6.07, 6.45) is -2.15. The molecule has 0 N–H and O–H groups in total. The Morgan fingerprint density at radius 1 is 1.08 bits per heavy atom. The van der Waals surface area contributed by atoms with Gasteiger partial charge in [0.15, 0.2) is 0 Å². The maximum absolute atomic E-state index is 13.3. The van der Waals surface area contributed by atoms with Crippen LogP contribution in [0.5, 0.6) is 0 Å². The van der Waals surface area contributed by atoms with Gasteiger partial charge in [-0.25, -0.2) is 4.79 Å². The number of hydrogen-bond donors (Lipinski definition) is 0. The highest BCUT2D eigenvalue weighted by atomic mass is 19.4. The summed E-state index contributed by atoms with van der Waals surface area (Å²) in [7, 11) is 1.63. The normalized spacial score (nSPS) is 12.7. The summed E-state index contributed by atoms with van der Waals surface area (Å²) in [6, 6.07) is 5.88. The molecule has 0 spiro atoms. The van der Waals surface area contributed by atoms with Gasteiger partial charge >= 0.3 is 11.9 Å². The van der Waals surface area contributed by atoms with Crippen molar-refractivity contribution >= 4 is 11.0 Å². The molecule has 0 amide bonds. The first-order chi connectivity index (χ1) is 12.0.